The number of rotatable bonds is 4. The predicted molar refractivity (Wildman–Crippen MR) is 69.4 cm³/mol. The monoisotopic (exact) mass is 256 g/mol. The number of likely N-dealkylation sites (tertiary alicyclic amines) is 1. The molecule has 18 heavy (non-hydrogen) atoms. The summed E-state index contributed by atoms with van der Waals surface area (Å²) in [6.45, 7) is 8.67. The Hall–Kier alpha value is -1.26. The number of amides is 2. The summed E-state index contributed by atoms with van der Waals surface area (Å²) in [7, 11) is 0. The van der Waals surface area contributed by atoms with Crippen LogP contribution < -0.4 is 5.32 Å². The molecule has 0 aromatic rings. The molecule has 1 aliphatic rings. The van der Waals surface area contributed by atoms with Crippen molar-refractivity contribution < 1.29 is 14.7 Å². The zero-order chi connectivity index (χ0) is 13.9. The molecule has 1 fully saturated rings. The fraction of sp³-hybridized carbons (Fsp3) is 0.846. The first-order valence-electron chi connectivity index (χ1n) is 6.54. The quantitative estimate of drug-likeness (QED) is 0.809. The largest absolute Gasteiger partial charge is 0.481 e. The Bertz CT molecular complexity index is 326. The third-order valence-corrected chi connectivity index (χ3v) is 3.65. The number of nitrogens with zero attached hydrogens (tertiary/aromatic N) is 1. The van der Waals surface area contributed by atoms with E-state index in [-0.39, 0.29) is 30.0 Å². The fourth-order valence-electron chi connectivity index (χ4n) is 2.36. The first-order valence-corrected chi connectivity index (χ1v) is 6.54. The molecule has 5 nitrogen and oxygen atoms in total. The minimum Gasteiger partial charge on any atom is -0.481 e. The van der Waals surface area contributed by atoms with E-state index in [1.807, 2.05) is 32.6 Å². The molecule has 0 bridgehead atoms. The van der Waals surface area contributed by atoms with Crippen LogP contribution in [0.4, 0.5) is 4.79 Å². The lowest BCUT2D eigenvalue weighted by Gasteiger charge is -2.33. The van der Waals surface area contributed by atoms with E-state index in [4.69, 9.17) is 5.11 Å². The van der Waals surface area contributed by atoms with Crippen LogP contribution in [-0.2, 0) is 4.79 Å². The molecule has 1 rings (SSSR count). The Morgan fingerprint density at radius 2 is 2.00 bits per heavy atom. The molecule has 104 valence electrons. The van der Waals surface area contributed by atoms with Gasteiger partial charge in [-0.3, -0.25) is 4.79 Å². The summed E-state index contributed by atoms with van der Waals surface area (Å²) in [5, 5.41) is 11.7. The average Bonchev–Trinajstić information content (AvgIpc) is 2.56. The summed E-state index contributed by atoms with van der Waals surface area (Å²) < 4.78 is 0. The van der Waals surface area contributed by atoms with Gasteiger partial charge in [-0.2, -0.15) is 0 Å². The molecular formula is C13H24N2O3. The third-order valence-electron chi connectivity index (χ3n) is 3.65. The SMILES string of the molecule is CC(C)C(CC(=O)O)NC(=O)N1CCCC1(C)C. The first kappa shape index (κ1) is 14.8. The fourth-order valence-corrected chi connectivity index (χ4v) is 2.36. The Labute approximate surface area is 109 Å². The molecule has 5 heteroatoms. The first-order chi connectivity index (χ1) is 8.24. The van der Waals surface area contributed by atoms with E-state index in [1.165, 1.54) is 0 Å². The smallest absolute Gasteiger partial charge is 0.318 e. The number of carboxylic acid groups (broad SMARTS) is 1. The Morgan fingerprint density at radius 3 is 2.39 bits per heavy atom. The normalized spacial score (nSPS) is 19.9. The molecule has 2 N–H and O–H groups in total. The molecule has 2 amide bonds. The minimum absolute atomic E-state index is 0.0301. The number of carboxylic acids is 1. The molecule has 0 saturated carbocycles. The van der Waals surface area contributed by atoms with Crippen molar-refractivity contribution in [1.82, 2.24) is 10.2 Å². The van der Waals surface area contributed by atoms with Crippen molar-refractivity contribution >= 4 is 12.0 Å². The molecule has 0 aliphatic carbocycles. The highest BCUT2D eigenvalue weighted by Crippen LogP contribution is 2.28. The van der Waals surface area contributed by atoms with Gasteiger partial charge in [0.05, 0.1) is 6.42 Å². The van der Waals surface area contributed by atoms with Gasteiger partial charge < -0.3 is 15.3 Å². The Morgan fingerprint density at radius 1 is 1.39 bits per heavy atom. The number of aliphatic carboxylic acids is 1. The van der Waals surface area contributed by atoms with Crippen LogP contribution in [0, 0.1) is 5.92 Å². The summed E-state index contributed by atoms with van der Waals surface area (Å²) in [5.41, 5.74) is -0.130. The van der Waals surface area contributed by atoms with E-state index in [1.54, 1.807) is 0 Å². The van der Waals surface area contributed by atoms with E-state index in [2.05, 4.69) is 5.32 Å². The predicted octanol–water partition coefficient (Wildman–Crippen LogP) is 2.07. The molecule has 0 spiro atoms. The van der Waals surface area contributed by atoms with Crippen molar-refractivity contribution in [2.24, 2.45) is 5.92 Å². The maximum atomic E-state index is 12.2. The van der Waals surface area contributed by atoms with Gasteiger partial charge in [0.15, 0.2) is 0 Å². The van der Waals surface area contributed by atoms with Gasteiger partial charge in [0.1, 0.15) is 0 Å². The zero-order valence-electron chi connectivity index (χ0n) is 11.7. The number of carbonyl (C=O) groups is 2. The van der Waals surface area contributed by atoms with E-state index in [9.17, 15) is 9.59 Å². The van der Waals surface area contributed by atoms with Crippen LogP contribution in [0.3, 0.4) is 0 Å². The molecular weight excluding hydrogens is 232 g/mol. The van der Waals surface area contributed by atoms with E-state index in [0.717, 1.165) is 19.4 Å². The minimum atomic E-state index is -0.880. The van der Waals surface area contributed by atoms with Crippen molar-refractivity contribution in [2.45, 2.75) is 58.5 Å². The standard InChI is InChI=1S/C13H24N2O3/c1-9(2)10(8-11(16)17)14-12(18)15-7-5-6-13(15,3)4/h9-10H,5-8H2,1-4H3,(H,14,18)(H,16,17). The van der Waals surface area contributed by atoms with Gasteiger partial charge >= 0.3 is 12.0 Å². The summed E-state index contributed by atoms with van der Waals surface area (Å²) >= 11 is 0. The second-order valence-electron chi connectivity index (χ2n) is 5.97. The molecule has 0 radical (unpaired) electrons. The number of hydrogen-bond acceptors (Lipinski definition) is 2. The molecule has 0 aromatic carbocycles. The molecule has 1 heterocycles. The van der Waals surface area contributed by atoms with Crippen molar-refractivity contribution in [3.63, 3.8) is 0 Å². The zero-order valence-corrected chi connectivity index (χ0v) is 11.7. The molecule has 1 aliphatic heterocycles. The molecule has 0 aromatic heterocycles. The maximum absolute atomic E-state index is 12.2. The van der Waals surface area contributed by atoms with Crippen LogP contribution in [0.5, 0.6) is 0 Å². The number of hydrogen-bond donors (Lipinski definition) is 2. The van der Waals surface area contributed by atoms with Gasteiger partial charge in [0, 0.05) is 18.1 Å². The van der Waals surface area contributed by atoms with Crippen LogP contribution in [0.15, 0.2) is 0 Å². The van der Waals surface area contributed by atoms with Crippen LogP contribution >= 0.6 is 0 Å². The van der Waals surface area contributed by atoms with E-state index >= 15 is 0 Å². The average molecular weight is 256 g/mol. The van der Waals surface area contributed by atoms with Gasteiger partial charge in [0.25, 0.3) is 0 Å². The molecule has 1 unspecified atom stereocenters. The van der Waals surface area contributed by atoms with Crippen LogP contribution in [0.2, 0.25) is 0 Å². The van der Waals surface area contributed by atoms with Gasteiger partial charge in [-0.25, -0.2) is 4.79 Å². The van der Waals surface area contributed by atoms with Gasteiger partial charge in [0.2, 0.25) is 0 Å². The number of nitrogens with one attached hydrogen (secondary N) is 1. The molecule has 1 saturated heterocycles. The topological polar surface area (TPSA) is 69.6 Å². The van der Waals surface area contributed by atoms with Gasteiger partial charge in [-0.1, -0.05) is 13.8 Å². The van der Waals surface area contributed by atoms with Crippen LogP contribution in [0.1, 0.15) is 47.0 Å². The third kappa shape index (κ3) is 3.62. The van der Waals surface area contributed by atoms with Crippen molar-refractivity contribution in [1.29, 1.82) is 0 Å². The molecule has 1 atom stereocenters. The highest BCUT2D eigenvalue weighted by atomic mass is 16.4. The summed E-state index contributed by atoms with van der Waals surface area (Å²) in [6.07, 6.45) is 1.97. The summed E-state index contributed by atoms with van der Waals surface area (Å²) in [6, 6.07) is -0.455. The summed E-state index contributed by atoms with van der Waals surface area (Å²) in [4.78, 5) is 24.8. The highest BCUT2D eigenvalue weighted by molar-refractivity contribution is 5.77. The van der Waals surface area contributed by atoms with E-state index in [0.29, 0.717) is 0 Å². The summed E-state index contributed by atoms with van der Waals surface area (Å²) in [5.74, 6) is -0.773. The second-order valence-corrected chi connectivity index (χ2v) is 5.97. The highest BCUT2D eigenvalue weighted by Gasteiger charge is 2.36. The lowest BCUT2D eigenvalue weighted by Crippen LogP contribution is -2.52. The van der Waals surface area contributed by atoms with Crippen molar-refractivity contribution in [3.8, 4) is 0 Å². The number of carbonyl (C=O) groups excluding carboxylic acids is 1. The Kier molecular flexibility index (Phi) is 4.59. The Balaban J connectivity index is 2.64. The lowest BCUT2D eigenvalue weighted by atomic mass is 10.0. The van der Waals surface area contributed by atoms with Crippen LogP contribution in [0.25, 0.3) is 0 Å². The number of urea groups is 1. The van der Waals surface area contributed by atoms with Gasteiger partial charge in [-0.05, 0) is 32.6 Å². The maximum Gasteiger partial charge on any atom is 0.318 e. The van der Waals surface area contributed by atoms with Crippen molar-refractivity contribution in [2.75, 3.05) is 6.54 Å². The van der Waals surface area contributed by atoms with Crippen molar-refractivity contribution in [3.05, 3.63) is 0 Å². The van der Waals surface area contributed by atoms with E-state index < -0.39 is 5.97 Å². The lowest BCUT2D eigenvalue weighted by molar-refractivity contribution is -0.137. The second kappa shape index (κ2) is 5.59. The van der Waals surface area contributed by atoms with Crippen LogP contribution in [-0.4, -0.2) is 40.1 Å². The van der Waals surface area contributed by atoms with Gasteiger partial charge in [-0.15, -0.1) is 0 Å².